The van der Waals surface area contributed by atoms with E-state index in [2.05, 4.69) is 10.6 Å². The second-order valence-corrected chi connectivity index (χ2v) is 9.50. The summed E-state index contributed by atoms with van der Waals surface area (Å²) in [6.07, 6.45) is 1.46. The van der Waals surface area contributed by atoms with Crippen LogP contribution in [0.5, 0.6) is 0 Å². The zero-order valence-corrected chi connectivity index (χ0v) is 19.5. The first-order valence-corrected chi connectivity index (χ1v) is 12.0. The second kappa shape index (κ2) is 10.2. The van der Waals surface area contributed by atoms with Gasteiger partial charge in [0.05, 0.1) is 30.0 Å². The summed E-state index contributed by atoms with van der Waals surface area (Å²) in [5.74, 6) is -3.63. The number of aryl methyl sites for hydroxylation is 1. The second-order valence-electron chi connectivity index (χ2n) is 8.47. The van der Waals surface area contributed by atoms with Crippen molar-refractivity contribution in [3.05, 3.63) is 81.3 Å². The summed E-state index contributed by atoms with van der Waals surface area (Å²) in [6, 6.07) is 10.5. The molecule has 0 spiro atoms. The molecule has 1 aliphatic rings. The van der Waals surface area contributed by atoms with E-state index in [1.54, 1.807) is 17.4 Å². The summed E-state index contributed by atoms with van der Waals surface area (Å²) >= 11 is 1.67. The number of carbonyl (C=O) groups excluding carboxylic acids is 1. The van der Waals surface area contributed by atoms with Gasteiger partial charge in [0.1, 0.15) is 11.4 Å². The molecule has 1 aromatic heterocycles. The van der Waals surface area contributed by atoms with Crippen LogP contribution in [0, 0.1) is 17.5 Å². The first kappa shape index (κ1) is 24.3. The maximum absolute atomic E-state index is 14.7. The molecule has 3 N–H and O–H groups in total. The number of hydrogen-bond acceptors (Lipinski definition) is 5. The van der Waals surface area contributed by atoms with Gasteiger partial charge in [-0.05, 0) is 54.1 Å². The fraction of sp³-hybridized carbons (Fsp3) is 0.320. The van der Waals surface area contributed by atoms with Crippen LogP contribution >= 0.6 is 11.3 Å². The van der Waals surface area contributed by atoms with E-state index < -0.39 is 34.6 Å². The highest BCUT2D eigenvalue weighted by molar-refractivity contribution is 7.09. The van der Waals surface area contributed by atoms with Crippen LogP contribution < -0.4 is 10.6 Å². The zero-order valence-electron chi connectivity index (χ0n) is 18.7. The monoisotopic (exact) mass is 489 g/mol. The van der Waals surface area contributed by atoms with E-state index in [0.717, 1.165) is 24.1 Å². The van der Waals surface area contributed by atoms with Crippen molar-refractivity contribution in [2.75, 3.05) is 31.5 Å². The van der Waals surface area contributed by atoms with E-state index in [1.807, 2.05) is 24.4 Å². The van der Waals surface area contributed by atoms with Crippen molar-refractivity contribution in [3.63, 3.8) is 0 Å². The van der Waals surface area contributed by atoms with E-state index in [-0.39, 0.29) is 24.3 Å². The highest BCUT2D eigenvalue weighted by atomic mass is 32.1. The Kier molecular flexibility index (Phi) is 7.25. The van der Waals surface area contributed by atoms with Crippen LogP contribution in [0.25, 0.3) is 0 Å². The first-order chi connectivity index (χ1) is 16.3. The lowest BCUT2D eigenvalue weighted by atomic mass is 9.92. The van der Waals surface area contributed by atoms with Gasteiger partial charge in [-0.15, -0.1) is 11.3 Å². The van der Waals surface area contributed by atoms with Crippen molar-refractivity contribution in [1.29, 1.82) is 0 Å². The number of halogens is 3. The minimum Gasteiger partial charge on any atom is -0.385 e. The van der Waals surface area contributed by atoms with Crippen LogP contribution in [-0.4, -0.2) is 47.7 Å². The van der Waals surface area contributed by atoms with Gasteiger partial charge in [0.15, 0.2) is 11.6 Å². The smallest absolute Gasteiger partial charge is 0.256 e. The lowest BCUT2D eigenvalue weighted by molar-refractivity contribution is -0.0783. The molecule has 0 aliphatic carbocycles. The summed E-state index contributed by atoms with van der Waals surface area (Å²) in [6.45, 7) is 2.97. The Morgan fingerprint density at radius 3 is 2.62 bits per heavy atom. The molecule has 2 aromatic carbocycles. The van der Waals surface area contributed by atoms with Gasteiger partial charge < -0.3 is 20.6 Å². The van der Waals surface area contributed by atoms with Crippen molar-refractivity contribution in [3.8, 4) is 0 Å². The molecule has 1 fully saturated rings. The number of thiophene rings is 1. The molecule has 4 rings (SSSR count). The predicted octanol–water partition coefficient (Wildman–Crippen LogP) is 4.49. The number of benzene rings is 2. The molecular weight excluding hydrogens is 463 g/mol. The van der Waals surface area contributed by atoms with Crippen LogP contribution in [0.4, 0.5) is 24.5 Å². The number of hydrogen-bond donors (Lipinski definition) is 3. The molecular formula is C25H26F3N3O2S. The number of aliphatic hydroxyl groups is 1. The maximum atomic E-state index is 14.7. The van der Waals surface area contributed by atoms with Crippen LogP contribution in [-0.2, 0) is 12.8 Å². The number of rotatable bonds is 9. The van der Waals surface area contributed by atoms with Gasteiger partial charge in [0, 0.05) is 18.0 Å². The third kappa shape index (κ3) is 5.27. The normalized spacial score (nSPS) is 14.7. The Bertz CT molecular complexity index is 1160. The number of nitrogens with zero attached hydrogens (tertiary/aromatic N) is 1. The standard InChI is InChI=1S/C25H26F3N3O2S/c1-2-16-5-8-21(20(27)12-16)30-23-18(6-7-19(26)22(23)28)24(32)31-14-25(33,15-31)13-29-10-9-17-4-3-11-34-17/h3-8,11-12,29-30,33H,2,9-10,13-15H2,1H3. The van der Waals surface area contributed by atoms with Gasteiger partial charge in [-0.1, -0.05) is 19.1 Å². The fourth-order valence-electron chi connectivity index (χ4n) is 3.94. The molecule has 0 bridgehead atoms. The lowest BCUT2D eigenvalue weighted by Gasteiger charge is -2.46. The van der Waals surface area contributed by atoms with E-state index in [9.17, 15) is 23.1 Å². The van der Waals surface area contributed by atoms with Crippen LogP contribution in [0.2, 0.25) is 0 Å². The van der Waals surface area contributed by atoms with Crippen molar-refractivity contribution in [2.24, 2.45) is 0 Å². The van der Waals surface area contributed by atoms with Crippen LogP contribution in [0.1, 0.15) is 27.7 Å². The Hall–Kier alpha value is -2.88. The van der Waals surface area contributed by atoms with Crippen molar-refractivity contribution < 1.29 is 23.1 Å². The summed E-state index contributed by atoms with van der Waals surface area (Å²) < 4.78 is 43.1. The van der Waals surface area contributed by atoms with Gasteiger partial charge in [-0.25, -0.2) is 13.2 Å². The van der Waals surface area contributed by atoms with Gasteiger partial charge >= 0.3 is 0 Å². The highest BCUT2D eigenvalue weighted by Crippen LogP contribution is 2.31. The van der Waals surface area contributed by atoms with E-state index in [0.29, 0.717) is 19.5 Å². The minimum atomic E-state index is -1.27. The molecule has 3 aromatic rings. The number of anilines is 2. The first-order valence-electron chi connectivity index (χ1n) is 11.1. The lowest BCUT2D eigenvalue weighted by Crippen LogP contribution is -2.67. The third-order valence-electron chi connectivity index (χ3n) is 5.87. The molecule has 5 nitrogen and oxygen atoms in total. The van der Waals surface area contributed by atoms with Crippen molar-refractivity contribution in [1.82, 2.24) is 10.2 Å². The summed E-state index contributed by atoms with van der Waals surface area (Å²) in [5, 5.41) is 18.4. The van der Waals surface area contributed by atoms with E-state index in [1.165, 1.54) is 21.9 Å². The van der Waals surface area contributed by atoms with Crippen molar-refractivity contribution in [2.45, 2.75) is 25.4 Å². The average molecular weight is 490 g/mol. The Labute approximate surface area is 200 Å². The molecule has 0 atom stereocenters. The number of likely N-dealkylation sites (tertiary alicyclic amines) is 1. The molecule has 34 heavy (non-hydrogen) atoms. The Morgan fingerprint density at radius 2 is 1.94 bits per heavy atom. The van der Waals surface area contributed by atoms with Crippen molar-refractivity contribution >= 4 is 28.6 Å². The number of carbonyl (C=O) groups is 1. The van der Waals surface area contributed by atoms with E-state index in [4.69, 9.17) is 0 Å². The molecule has 180 valence electrons. The highest BCUT2D eigenvalue weighted by Gasteiger charge is 2.44. The summed E-state index contributed by atoms with van der Waals surface area (Å²) in [4.78, 5) is 15.6. The third-order valence-corrected chi connectivity index (χ3v) is 6.80. The zero-order chi connectivity index (χ0) is 24.3. The fourth-order valence-corrected chi connectivity index (χ4v) is 4.65. The SMILES string of the molecule is CCc1ccc(Nc2c(C(=O)N3CC(O)(CNCCc4cccs4)C3)ccc(F)c2F)c(F)c1. The molecule has 1 aliphatic heterocycles. The van der Waals surface area contributed by atoms with Gasteiger partial charge in [-0.2, -0.15) is 0 Å². The quantitative estimate of drug-likeness (QED) is 0.388. The van der Waals surface area contributed by atoms with Gasteiger partial charge in [0.25, 0.3) is 5.91 Å². The van der Waals surface area contributed by atoms with E-state index >= 15 is 0 Å². The molecule has 9 heteroatoms. The largest absolute Gasteiger partial charge is 0.385 e. The van der Waals surface area contributed by atoms with Gasteiger partial charge in [0.2, 0.25) is 0 Å². The maximum Gasteiger partial charge on any atom is 0.256 e. The molecule has 0 unspecified atom stereocenters. The number of amides is 1. The average Bonchev–Trinajstić information content (AvgIpc) is 3.32. The van der Waals surface area contributed by atoms with Gasteiger partial charge in [-0.3, -0.25) is 4.79 Å². The number of nitrogens with one attached hydrogen (secondary N) is 2. The molecule has 1 saturated heterocycles. The minimum absolute atomic E-state index is 0.0514. The van der Waals surface area contributed by atoms with Crippen LogP contribution in [0.3, 0.4) is 0 Å². The molecule has 0 saturated carbocycles. The molecule has 1 amide bonds. The summed E-state index contributed by atoms with van der Waals surface area (Å²) in [5.41, 5.74) is -0.976. The number of β-amino-alcohol motifs (C(OH)–C–C–N with tert-alkyl or cyclic N) is 1. The topological polar surface area (TPSA) is 64.6 Å². The van der Waals surface area contributed by atoms with Crippen LogP contribution in [0.15, 0.2) is 47.8 Å². The predicted molar refractivity (Wildman–Crippen MR) is 127 cm³/mol. The Morgan fingerprint density at radius 1 is 1.15 bits per heavy atom. The molecule has 2 heterocycles. The summed E-state index contributed by atoms with van der Waals surface area (Å²) in [7, 11) is 0. The Balaban J connectivity index is 1.42. The molecule has 0 radical (unpaired) electrons.